The highest BCUT2D eigenvalue weighted by Gasteiger charge is 2.29. The molecule has 2 aromatic carbocycles. The molecule has 0 radical (unpaired) electrons. The van der Waals surface area contributed by atoms with E-state index in [-0.39, 0.29) is 0 Å². The van der Waals surface area contributed by atoms with Gasteiger partial charge in [-0.2, -0.15) is 0 Å². The van der Waals surface area contributed by atoms with Crippen molar-refractivity contribution in [3.8, 4) is 0 Å². The van der Waals surface area contributed by atoms with E-state index < -0.39 is 12.2 Å². The van der Waals surface area contributed by atoms with E-state index in [4.69, 9.17) is 4.98 Å². The SMILES string of the molecule is CC1=Cc2nc3c(ccc4ccccc43)c(C)c2C(O)C1O. The van der Waals surface area contributed by atoms with Gasteiger partial charge in [0, 0.05) is 16.3 Å². The molecule has 0 saturated carbocycles. The summed E-state index contributed by atoms with van der Waals surface area (Å²) in [6.45, 7) is 3.81. The summed E-state index contributed by atoms with van der Waals surface area (Å²) in [5.74, 6) is 0. The lowest BCUT2D eigenvalue weighted by Crippen LogP contribution is -2.25. The molecule has 3 heteroatoms. The standard InChI is InChI=1S/C19H17NO2/c1-10-9-15-16(19(22)18(10)21)11(2)13-8-7-12-5-3-4-6-14(12)17(13)20-15/h3-9,18-19,21-22H,1-2H3. The number of aromatic nitrogens is 1. The molecule has 2 N–H and O–H groups in total. The quantitative estimate of drug-likeness (QED) is 0.623. The van der Waals surface area contributed by atoms with Crippen LogP contribution in [-0.4, -0.2) is 21.3 Å². The highest BCUT2D eigenvalue weighted by atomic mass is 16.3. The number of nitrogens with zero attached hydrogens (tertiary/aromatic N) is 1. The van der Waals surface area contributed by atoms with Gasteiger partial charge in [-0.15, -0.1) is 0 Å². The van der Waals surface area contributed by atoms with E-state index in [9.17, 15) is 10.2 Å². The molecule has 1 aliphatic rings. The van der Waals surface area contributed by atoms with E-state index in [0.29, 0.717) is 0 Å². The lowest BCUT2D eigenvalue weighted by molar-refractivity contribution is 0.0393. The van der Waals surface area contributed by atoms with Crippen molar-refractivity contribution in [2.24, 2.45) is 0 Å². The minimum Gasteiger partial charge on any atom is -0.386 e. The summed E-state index contributed by atoms with van der Waals surface area (Å²) in [6, 6.07) is 12.3. The van der Waals surface area contributed by atoms with E-state index in [1.807, 2.05) is 38.1 Å². The van der Waals surface area contributed by atoms with Crippen molar-refractivity contribution >= 4 is 27.8 Å². The molecule has 2 unspecified atom stereocenters. The van der Waals surface area contributed by atoms with E-state index in [2.05, 4.69) is 18.2 Å². The van der Waals surface area contributed by atoms with Gasteiger partial charge >= 0.3 is 0 Å². The van der Waals surface area contributed by atoms with Gasteiger partial charge in [0.2, 0.25) is 0 Å². The van der Waals surface area contributed by atoms with Crippen LogP contribution in [0.4, 0.5) is 0 Å². The Hall–Kier alpha value is -2.23. The largest absolute Gasteiger partial charge is 0.386 e. The predicted octanol–water partition coefficient (Wildman–Crippen LogP) is 3.51. The third-order valence-electron chi connectivity index (χ3n) is 4.64. The van der Waals surface area contributed by atoms with Gasteiger partial charge in [0.15, 0.2) is 0 Å². The molecule has 3 aromatic rings. The molecule has 0 saturated heterocycles. The van der Waals surface area contributed by atoms with Crippen LogP contribution in [0.25, 0.3) is 27.8 Å². The molecule has 3 nitrogen and oxygen atoms in total. The van der Waals surface area contributed by atoms with Gasteiger partial charge < -0.3 is 10.2 Å². The molecule has 1 heterocycles. The topological polar surface area (TPSA) is 53.4 Å². The van der Waals surface area contributed by atoms with Gasteiger partial charge in [0.1, 0.15) is 12.2 Å². The summed E-state index contributed by atoms with van der Waals surface area (Å²) in [5, 5.41) is 23.8. The molecular weight excluding hydrogens is 274 g/mol. The van der Waals surface area contributed by atoms with Crippen LogP contribution in [0.3, 0.4) is 0 Å². The molecule has 4 rings (SSSR count). The van der Waals surface area contributed by atoms with Crippen molar-refractivity contribution in [3.05, 3.63) is 58.8 Å². The molecule has 0 aliphatic heterocycles. The highest BCUT2D eigenvalue weighted by molar-refractivity contribution is 6.06. The van der Waals surface area contributed by atoms with Crippen molar-refractivity contribution in [2.75, 3.05) is 0 Å². The molecule has 110 valence electrons. The van der Waals surface area contributed by atoms with Gasteiger partial charge in [0.25, 0.3) is 0 Å². The number of aliphatic hydroxyl groups excluding tert-OH is 2. The fourth-order valence-electron chi connectivity index (χ4n) is 3.39. The fourth-order valence-corrected chi connectivity index (χ4v) is 3.39. The van der Waals surface area contributed by atoms with E-state index in [1.165, 1.54) is 0 Å². The summed E-state index contributed by atoms with van der Waals surface area (Å²) < 4.78 is 0. The molecule has 22 heavy (non-hydrogen) atoms. The summed E-state index contributed by atoms with van der Waals surface area (Å²) in [7, 11) is 0. The normalized spacial score (nSPS) is 21.0. The van der Waals surface area contributed by atoms with Gasteiger partial charge in [-0.1, -0.05) is 36.4 Å². The zero-order chi connectivity index (χ0) is 15.4. The first-order valence-corrected chi connectivity index (χ1v) is 7.44. The monoisotopic (exact) mass is 291 g/mol. The smallest absolute Gasteiger partial charge is 0.111 e. The second-order valence-electron chi connectivity index (χ2n) is 6.00. The van der Waals surface area contributed by atoms with E-state index in [0.717, 1.165) is 44.1 Å². The third kappa shape index (κ3) is 1.73. The molecule has 0 bridgehead atoms. The van der Waals surface area contributed by atoms with Crippen molar-refractivity contribution in [3.63, 3.8) is 0 Å². The number of benzene rings is 2. The van der Waals surface area contributed by atoms with Crippen LogP contribution < -0.4 is 0 Å². The van der Waals surface area contributed by atoms with Crippen LogP contribution >= 0.6 is 0 Å². The Morgan fingerprint density at radius 1 is 0.909 bits per heavy atom. The second-order valence-corrected chi connectivity index (χ2v) is 6.00. The Morgan fingerprint density at radius 2 is 1.68 bits per heavy atom. The average Bonchev–Trinajstić information content (AvgIpc) is 2.52. The Morgan fingerprint density at radius 3 is 2.50 bits per heavy atom. The number of fused-ring (bicyclic) bond motifs is 4. The van der Waals surface area contributed by atoms with Crippen LogP contribution in [0.5, 0.6) is 0 Å². The molecule has 0 spiro atoms. The fraction of sp³-hybridized carbons (Fsp3) is 0.211. The Bertz CT molecular complexity index is 943. The van der Waals surface area contributed by atoms with Crippen LogP contribution in [0.2, 0.25) is 0 Å². The summed E-state index contributed by atoms with van der Waals surface area (Å²) in [4.78, 5) is 4.79. The number of aryl methyl sites for hydroxylation is 1. The van der Waals surface area contributed by atoms with Gasteiger partial charge in [-0.3, -0.25) is 0 Å². The summed E-state index contributed by atoms with van der Waals surface area (Å²) in [5.41, 5.74) is 4.17. The average molecular weight is 291 g/mol. The molecule has 0 amide bonds. The number of aliphatic hydroxyl groups is 2. The van der Waals surface area contributed by atoms with Gasteiger partial charge in [-0.25, -0.2) is 4.98 Å². The maximum Gasteiger partial charge on any atom is 0.111 e. The molecular formula is C19H17NO2. The first kappa shape index (κ1) is 13.4. The van der Waals surface area contributed by atoms with E-state index >= 15 is 0 Å². The Labute approximate surface area is 128 Å². The predicted molar refractivity (Wildman–Crippen MR) is 88.6 cm³/mol. The molecule has 1 aromatic heterocycles. The van der Waals surface area contributed by atoms with Gasteiger partial charge in [0.05, 0.1) is 11.2 Å². The van der Waals surface area contributed by atoms with Crippen LogP contribution in [0.1, 0.15) is 29.8 Å². The first-order valence-electron chi connectivity index (χ1n) is 7.44. The van der Waals surface area contributed by atoms with Crippen LogP contribution in [-0.2, 0) is 0 Å². The van der Waals surface area contributed by atoms with E-state index in [1.54, 1.807) is 0 Å². The van der Waals surface area contributed by atoms with Crippen molar-refractivity contribution in [1.29, 1.82) is 0 Å². The van der Waals surface area contributed by atoms with Crippen LogP contribution in [0.15, 0.2) is 42.0 Å². The lowest BCUT2D eigenvalue weighted by atomic mass is 9.86. The maximum absolute atomic E-state index is 10.4. The number of hydrogen-bond donors (Lipinski definition) is 2. The zero-order valence-electron chi connectivity index (χ0n) is 12.5. The summed E-state index contributed by atoms with van der Waals surface area (Å²) in [6.07, 6.45) is 0.107. The Balaban J connectivity index is 2.16. The van der Waals surface area contributed by atoms with Gasteiger partial charge in [-0.05, 0) is 36.4 Å². The number of pyridine rings is 1. The summed E-state index contributed by atoms with van der Waals surface area (Å²) >= 11 is 0. The van der Waals surface area contributed by atoms with Crippen molar-refractivity contribution < 1.29 is 10.2 Å². The minimum atomic E-state index is -0.914. The van der Waals surface area contributed by atoms with Crippen molar-refractivity contribution in [1.82, 2.24) is 4.98 Å². The molecule has 1 aliphatic carbocycles. The number of rotatable bonds is 0. The number of hydrogen-bond acceptors (Lipinski definition) is 3. The maximum atomic E-state index is 10.4. The van der Waals surface area contributed by atoms with Crippen LogP contribution in [0, 0.1) is 6.92 Å². The first-order chi connectivity index (χ1) is 10.6. The zero-order valence-corrected chi connectivity index (χ0v) is 12.5. The second kappa shape index (κ2) is 4.63. The molecule has 2 atom stereocenters. The lowest BCUT2D eigenvalue weighted by Gasteiger charge is -2.27. The minimum absolute atomic E-state index is 0.737. The Kier molecular flexibility index (Phi) is 2.83. The third-order valence-corrected chi connectivity index (χ3v) is 4.64. The highest BCUT2D eigenvalue weighted by Crippen LogP contribution is 2.37. The van der Waals surface area contributed by atoms with Crippen molar-refractivity contribution in [2.45, 2.75) is 26.1 Å². The molecule has 0 fully saturated rings.